The van der Waals surface area contributed by atoms with Gasteiger partial charge in [0, 0.05) is 13.5 Å². The van der Waals surface area contributed by atoms with E-state index in [1.807, 2.05) is 19.1 Å². The van der Waals surface area contributed by atoms with Crippen LogP contribution in [0.4, 0.5) is 0 Å². The number of hydrogen-bond acceptors (Lipinski definition) is 6. The zero-order valence-electron chi connectivity index (χ0n) is 14.6. The molecule has 1 spiro atoms. The van der Waals surface area contributed by atoms with Crippen LogP contribution in [0, 0.1) is 16.7 Å². The van der Waals surface area contributed by atoms with Gasteiger partial charge in [0.15, 0.2) is 21.2 Å². The molecule has 4 aliphatic rings. The molecular weight excluding hydrogens is 354 g/mol. The van der Waals surface area contributed by atoms with E-state index in [9.17, 15) is 14.9 Å². The number of thioether (sulfide) groups is 1. The minimum absolute atomic E-state index is 0.102. The summed E-state index contributed by atoms with van der Waals surface area (Å²) in [7, 11) is 1.66. The summed E-state index contributed by atoms with van der Waals surface area (Å²) < 4.78 is 10.8. The van der Waals surface area contributed by atoms with Gasteiger partial charge in [-0.1, -0.05) is 17.8 Å². The second kappa shape index (κ2) is 4.46. The van der Waals surface area contributed by atoms with Gasteiger partial charge in [-0.3, -0.25) is 9.59 Å². The molecule has 4 aliphatic heterocycles. The summed E-state index contributed by atoms with van der Waals surface area (Å²) in [6.07, 6.45) is 0.310. The number of piperazine rings is 1. The normalized spacial score (nSPS) is 39.5. The van der Waals surface area contributed by atoms with E-state index < -0.39 is 21.2 Å². The minimum Gasteiger partial charge on any atom is -0.454 e. The van der Waals surface area contributed by atoms with E-state index in [4.69, 9.17) is 9.47 Å². The predicted octanol–water partition coefficient (Wildman–Crippen LogP) is 1.85. The van der Waals surface area contributed by atoms with Gasteiger partial charge in [0.1, 0.15) is 0 Å². The van der Waals surface area contributed by atoms with E-state index in [1.165, 1.54) is 16.7 Å². The van der Waals surface area contributed by atoms with Gasteiger partial charge in [-0.25, -0.2) is 0 Å². The highest BCUT2D eigenvalue weighted by molar-refractivity contribution is 8.04. The lowest BCUT2D eigenvalue weighted by atomic mass is 9.79. The molecule has 134 valence electrons. The quantitative estimate of drug-likeness (QED) is 0.749. The number of benzene rings is 1. The molecule has 4 heterocycles. The minimum atomic E-state index is -1.01. The summed E-state index contributed by atoms with van der Waals surface area (Å²) in [4.78, 5) is 27.6. The first-order valence-electron chi connectivity index (χ1n) is 8.40. The standard InChI is InChI=1S/C18H17N3O4S/c1-16(8-19)7-18-15(23)20(3)17(2,26-18)14(22)21(18)13(16)10-4-5-11-12(6-10)25-9-24-11/h4-6,13H,7,9H2,1-3H3/t13?,16-,17?,18+/m1/s1. The SMILES string of the molecule is CN1C(=O)[C@@]23C[C@](C)(C#N)C(c4ccc5c(c4)OCO5)N2C(=O)C1(C)S3. The average molecular weight is 371 g/mol. The summed E-state index contributed by atoms with van der Waals surface area (Å²) in [5, 5.41) is 9.95. The molecule has 0 aliphatic carbocycles. The molecule has 7 nitrogen and oxygen atoms in total. The topological polar surface area (TPSA) is 82.9 Å². The summed E-state index contributed by atoms with van der Waals surface area (Å²) in [5.74, 6) is 1.02. The first-order valence-corrected chi connectivity index (χ1v) is 9.21. The summed E-state index contributed by atoms with van der Waals surface area (Å²) in [6.45, 7) is 3.76. The number of carbonyl (C=O) groups is 2. The summed E-state index contributed by atoms with van der Waals surface area (Å²) >= 11 is 1.36. The Morgan fingerprint density at radius 1 is 1.23 bits per heavy atom. The number of nitrogens with zero attached hydrogens (tertiary/aromatic N) is 3. The molecule has 3 fully saturated rings. The molecule has 4 atom stereocenters. The van der Waals surface area contributed by atoms with Gasteiger partial charge < -0.3 is 19.3 Å². The molecule has 0 aromatic heterocycles. The van der Waals surface area contributed by atoms with Gasteiger partial charge >= 0.3 is 0 Å². The molecule has 0 N–H and O–H groups in total. The van der Waals surface area contributed by atoms with Crippen LogP contribution in [0.25, 0.3) is 0 Å². The maximum Gasteiger partial charge on any atom is 0.261 e. The third-order valence-corrected chi connectivity index (χ3v) is 7.79. The largest absolute Gasteiger partial charge is 0.454 e. The molecule has 2 unspecified atom stereocenters. The van der Waals surface area contributed by atoms with Gasteiger partial charge in [-0.15, -0.1) is 0 Å². The van der Waals surface area contributed by atoms with Crippen LogP contribution in [0.5, 0.6) is 11.5 Å². The van der Waals surface area contributed by atoms with E-state index in [1.54, 1.807) is 24.9 Å². The van der Waals surface area contributed by atoms with Gasteiger partial charge in [0.05, 0.1) is 17.5 Å². The highest BCUT2D eigenvalue weighted by atomic mass is 32.2. The van der Waals surface area contributed by atoms with Crippen LogP contribution < -0.4 is 9.47 Å². The number of carbonyl (C=O) groups excluding carboxylic acids is 2. The fraction of sp³-hybridized carbons (Fsp3) is 0.500. The maximum absolute atomic E-state index is 13.3. The number of fused-ring (bicyclic) bond motifs is 2. The number of ether oxygens (including phenoxy) is 2. The first-order chi connectivity index (χ1) is 12.3. The van der Waals surface area contributed by atoms with Crippen molar-refractivity contribution in [3.63, 3.8) is 0 Å². The molecule has 2 amide bonds. The van der Waals surface area contributed by atoms with Crippen molar-refractivity contribution < 1.29 is 19.1 Å². The van der Waals surface area contributed by atoms with Gasteiger partial charge in [0.2, 0.25) is 6.79 Å². The lowest BCUT2D eigenvalue weighted by Gasteiger charge is -2.40. The average Bonchev–Trinajstić information content (AvgIpc) is 3.28. The Morgan fingerprint density at radius 2 is 1.96 bits per heavy atom. The van der Waals surface area contributed by atoms with Crippen molar-refractivity contribution in [2.45, 2.75) is 36.1 Å². The van der Waals surface area contributed by atoms with Crippen molar-refractivity contribution in [3.05, 3.63) is 23.8 Å². The third-order valence-electron chi connectivity index (χ3n) is 6.09. The molecule has 26 heavy (non-hydrogen) atoms. The van der Waals surface area contributed by atoms with E-state index in [2.05, 4.69) is 6.07 Å². The van der Waals surface area contributed by atoms with Crippen LogP contribution in [0.2, 0.25) is 0 Å². The Bertz CT molecular complexity index is 930. The molecular formula is C18H17N3O4S. The van der Waals surface area contributed by atoms with Crippen LogP contribution in [0.1, 0.15) is 31.9 Å². The van der Waals surface area contributed by atoms with Crippen LogP contribution in [-0.2, 0) is 9.59 Å². The maximum atomic E-state index is 13.3. The molecule has 8 heteroatoms. The number of rotatable bonds is 1. The highest BCUT2D eigenvalue weighted by Crippen LogP contribution is 2.69. The van der Waals surface area contributed by atoms with Crippen molar-refractivity contribution in [2.75, 3.05) is 13.8 Å². The Labute approximate surface area is 154 Å². The van der Waals surface area contributed by atoms with Crippen LogP contribution in [-0.4, -0.2) is 45.2 Å². The molecule has 1 aromatic carbocycles. The fourth-order valence-corrected chi connectivity index (χ4v) is 6.67. The number of hydrogen-bond donors (Lipinski definition) is 0. The number of amides is 2. The van der Waals surface area contributed by atoms with Crippen molar-refractivity contribution in [2.24, 2.45) is 5.41 Å². The molecule has 0 saturated carbocycles. The van der Waals surface area contributed by atoms with E-state index in [-0.39, 0.29) is 18.6 Å². The van der Waals surface area contributed by atoms with E-state index in [0.29, 0.717) is 17.9 Å². The van der Waals surface area contributed by atoms with Crippen LogP contribution in [0.15, 0.2) is 18.2 Å². The Morgan fingerprint density at radius 3 is 2.69 bits per heavy atom. The zero-order valence-corrected chi connectivity index (χ0v) is 15.4. The van der Waals surface area contributed by atoms with Crippen molar-refractivity contribution in [1.29, 1.82) is 5.26 Å². The molecule has 1 aromatic rings. The van der Waals surface area contributed by atoms with E-state index in [0.717, 1.165) is 5.56 Å². The summed E-state index contributed by atoms with van der Waals surface area (Å²) in [6, 6.07) is 7.34. The predicted molar refractivity (Wildman–Crippen MR) is 92.0 cm³/mol. The van der Waals surface area contributed by atoms with Gasteiger partial charge in [-0.2, -0.15) is 5.26 Å². The second-order valence-electron chi connectivity index (χ2n) is 7.63. The molecule has 5 rings (SSSR count). The lowest BCUT2D eigenvalue weighted by Crippen LogP contribution is -2.60. The van der Waals surface area contributed by atoms with E-state index >= 15 is 0 Å². The Kier molecular flexibility index (Phi) is 2.72. The number of nitriles is 1. The smallest absolute Gasteiger partial charge is 0.261 e. The Hall–Kier alpha value is -2.40. The van der Waals surface area contributed by atoms with Crippen LogP contribution >= 0.6 is 11.8 Å². The first kappa shape index (κ1) is 15.8. The van der Waals surface area contributed by atoms with Crippen molar-refractivity contribution >= 4 is 23.6 Å². The van der Waals surface area contributed by atoms with Gasteiger partial charge in [-0.05, 0) is 31.5 Å². The highest BCUT2D eigenvalue weighted by Gasteiger charge is 2.78. The Balaban J connectivity index is 1.69. The molecule has 3 saturated heterocycles. The van der Waals surface area contributed by atoms with Crippen molar-refractivity contribution in [3.8, 4) is 17.6 Å². The summed E-state index contributed by atoms with van der Waals surface area (Å²) in [5.41, 5.74) is -0.0887. The third kappa shape index (κ3) is 1.52. The lowest BCUT2D eigenvalue weighted by molar-refractivity contribution is -0.159. The second-order valence-corrected chi connectivity index (χ2v) is 9.30. The fourth-order valence-electron chi connectivity index (χ4n) is 4.73. The van der Waals surface area contributed by atoms with Gasteiger partial charge in [0.25, 0.3) is 11.8 Å². The van der Waals surface area contributed by atoms with Crippen LogP contribution in [0.3, 0.4) is 0 Å². The number of likely N-dealkylation sites (N-methyl/N-ethyl adjacent to an activating group) is 1. The van der Waals surface area contributed by atoms with Crippen molar-refractivity contribution in [1.82, 2.24) is 9.80 Å². The monoisotopic (exact) mass is 371 g/mol. The molecule has 2 bridgehead atoms. The molecule has 0 radical (unpaired) electrons. The zero-order chi connectivity index (χ0) is 18.5.